The fraction of sp³-hybridized carbons (Fsp3) is 0.333. The second kappa shape index (κ2) is 4.36. The van der Waals surface area contributed by atoms with Gasteiger partial charge in [-0.05, 0) is 37.1 Å². The van der Waals surface area contributed by atoms with Gasteiger partial charge in [-0.25, -0.2) is 4.98 Å². The number of hydrogen-bond acceptors (Lipinski definition) is 3. The van der Waals surface area contributed by atoms with E-state index in [4.69, 9.17) is 6.42 Å². The second-order valence-electron chi connectivity index (χ2n) is 4.97. The number of benzene rings is 1. The van der Waals surface area contributed by atoms with Crippen molar-refractivity contribution in [3.8, 4) is 12.3 Å². The van der Waals surface area contributed by atoms with Crippen molar-refractivity contribution in [3.05, 3.63) is 23.3 Å². The van der Waals surface area contributed by atoms with Crippen LogP contribution >= 0.6 is 11.3 Å². The lowest BCUT2D eigenvalue weighted by Gasteiger charge is -2.10. The van der Waals surface area contributed by atoms with Crippen molar-refractivity contribution in [3.63, 3.8) is 0 Å². The van der Waals surface area contributed by atoms with E-state index in [1.807, 2.05) is 0 Å². The van der Waals surface area contributed by atoms with E-state index >= 15 is 0 Å². The molecule has 3 nitrogen and oxygen atoms in total. The zero-order chi connectivity index (χ0) is 13.6. The molecule has 1 aliphatic rings. The van der Waals surface area contributed by atoms with Crippen LogP contribution in [0.15, 0.2) is 12.1 Å². The monoisotopic (exact) mass is 270 g/mol. The van der Waals surface area contributed by atoms with Crippen molar-refractivity contribution < 1.29 is 4.79 Å². The number of terminal acetylenes is 1. The number of rotatable bonds is 1. The van der Waals surface area contributed by atoms with Crippen molar-refractivity contribution in [2.45, 2.75) is 20.3 Å². The molecule has 4 heteroatoms. The first kappa shape index (κ1) is 12.2. The zero-order valence-electron chi connectivity index (χ0n) is 10.9. The molecule has 1 amide bonds. The number of hydrogen-bond donors (Lipinski definition) is 0. The maximum atomic E-state index is 12.0. The molecule has 1 unspecified atom stereocenters. The normalized spacial score (nSPS) is 19.1. The van der Waals surface area contributed by atoms with E-state index in [9.17, 15) is 4.79 Å². The molecule has 2 heterocycles. The molecule has 1 aliphatic heterocycles. The molecule has 0 spiro atoms. The Morgan fingerprint density at radius 1 is 1.42 bits per heavy atom. The molecule has 2 aromatic rings. The smallest absolute Gasteiger partial charge is 0.230 e. The minimum absolute atomic E-state index is 0.0167. The lowest BCUT2D eigenvalue weighted by atomic mass is 10.1. The molecule has 1 atom stereocenters. The van der Waals surface area contributed by atoms with Gasteiger partial charge in [-0.2, -0.15) is 0 Å². The van der Waals surface area contributed by atoms with E-state index in [0.717, 1.165) is 15.3 Å². The number of aryl methyl sites for hydroxylation is 2. The van der Waals surface area contributed by atoms with Gasteiger partial charge in [0.15, 0.2) is 5.13 Å². The van der Waals surface area contributed by atoms with Crippen LogP contribution < -0.4 is 4.90 Å². The van der Waals surface area contributed by atoms with Crippen LogP contribution in [0.1, 0.15) is 17.5 Å². The summed E-state index contributed by atoms with van der Waals surface area (Å²) in [6, 6.07) is 4.20. The Morgan fingerprint density at radius 3 is 2.84 bits per heavy atom. The Balaban J connectivity index is 2.03. The SMILES string of the molecule is C#CC1CC(=O)N(c2nc3cc(C)c(C)cc3s2)C1. The molecule has 0 N–H and O–H groups in total. The molecular formula is C15H14N2OS. The summed E-state index contributed by atoms with van der Waals surface area (Å²) in [4.78, 5) is 18.2. The third-order valence-electron chi connectivity index (χ3n) is 3.58. The van der Waals surface area contributed by atoms with Gasteiger partial charge in [0.05, 0.1) is 10.2 Å². The average molecular weight is 270 g/mol. The van der Waals surface area contributed by atoms with Crippen molar-refractivity contribution in [2.75, 3.05) is 11.4 Å². The highest BCUT2D eigenvalue weighted by molar-refractivity contribution is 7.22. The predicted molar refractivity (Wildman–Crippen MR) is 78.4 cm³/mol. The maximum absolute atomic E-state index is 12.0. The molecule has 1 aromatic heterocycles. The van der Waals surface area contributed by atoms with Gasteiger partial charge < -0.3 is 0 Å². The molecule has 3 rings (SSSR count). The quantitative estimate of drug-likeness (QED) is 0.746. The highest BCUT2D eigenvalue weighted by Gasteiger charge is 2.31. The third kappa shape index (κ3) is 2.00. The molecule has 0 radical (unpaired) electrons. The van der Waals surface area contributed by atoms with Gasteiger partial charge >= 0.3 is 0 Å². The van der Waals surface area contributed by atoms with Crippen LogP contribution in [-0.4, -0.2) is 17.4 Å². The zero-order valence-corrected chi connectivity index (χ0v) is 11.8. The lowest BCUT2D eigenvalue weighted by Crippen LogP contribution is -2.24. The summed E-state index contributed by atoms with van der Waals surface area (Å²) < 4.78 is 1.12. The second-order valence-corrected chi connectivity index (χ2v) is 5.98. The Bertz CT molecular complexity index is 672. The summed E-state index contributed by atoms with van der Waals surface area (Å²) in [5, 5.41) is 0.766. The predicted octanol–water partition coefficient (Wildman–Crippen LogP) is 2.90. The molecule has 96 valence electrons. The van der Waals surface area contributed by atoms with Crippen LogP contribution in [0.4, 0.5) is 5.13 Å². The van der Waals surface area contributed by atoms with E-state index in [1.54, 1.807) is 16.2 Å². The first-order valence-corrected chi connectivity index (χ1v) is 7.04. The Hall–Kier alpha value is -1.86. The Kier molecular flexibility index (Phi) is 2.79. The van der Waals surface area contributed by atoms with Gasteiger partial charge in [0, 0.05) is 18.9 Å². The highest BCUT2D eigenvalue weighted by Crippen LogP contribution is 2.33. The van der Waals surface area contributed by atoms with Gasteiger partial charge in [-0.3, -0.25) is 9.69 Å². The standard InChI is InChI=1S/C15H14N2OS/c1-4-11-7-14(18)17(8-11)15-16-12-5-9(2)10(3)6-13(12)19-15/h1,5-6,11H,7-8H2,2-3H3. The fourth-order valence-electron chi connectivity index (χ4n) is 2.29. The first-order valence-electron chi connectivity index (χ1n) is 6.23. The molecule has 1 saturated heterocycles. The van der Waals surface area contributed by atoms with E-state index < -0.39 is 0 Å². The molecule has 0 bridgehead atoms. The van der Waals surface area contributed by atoms with Gasteiger partial charge in [0.25, 0.3) is 0 Å². The van der Waals surface area contributed by atoms with Gasteiger partial charge in [-0.1, -0.05) is 11.3 Å². The molecule has 1 aromatic carbocycles. The lowest BCUT2D eigenvalue weighted by molar-refractivity contribution is -0.117. The number of anilines is 1. The molecule has 0 saturated carbocycles. The minimum atomic E-state index is 0.0167. The minimum Gasteiger partial charge on any atom is -0.287 e. The Labute approximate surface area is 116 Å². The number of carbonyl (C=O) groups is 1. The molecular weight excluding hydrogens is 256 g/mol. The average Bonchev–Trinajstić information content (AvgIpc) is 2.93. The van der Waals surface area contributed by atoms with Crippen LogP contribution in [0.2, 0.25) is 0 Å². The summed E-state index contributed by atoms with van der Waals surface area (Å²) in [5.41, 5.74) is 3.43. The summed E-state index contributed by atoms with van der Waals surface area (Å²) in [6.07, 6.45) is 5.84. The van der Waals surface area contributed by atoms with Crippen LogP contribution in [0.5, 0.6) is 0 Å². The van der Waals surface area contributed by atoms with Crippen LogP contribution in [-0.2, 0) is 4.79 Å². The van der Waals surface area contributed by atoms with Gasteiger partial charge in [0.1, 0.15) is 0 Å². The molecule has 0 aliphatic carbocycles. The van der Waals surface area contributed by atoms with E-state index in [0.29, 0.717) is 13.0 Å². The number of carbonyl (C=O) groups excluding carboxylic acids is 1. The molecule has 1 fully saturated rings. The maximum Gasteiger partial charge on any atom is 0.230 e. The van der Waals surface area contributed by atoms with Crippen LogP contribution in [0, 0.1) is 32.1 Å². The first-order chi connectivity index (χ1) is 9.08. The third-order valence-corrected chi connectivity index (χ3v) is 4.63. The summed E-state index contributed by atoms with van der Waals surface area (Å²) in [5.74, 6) is 2.76. The fourth-order valence-corrected chi connectivity index (χ4v) is 3.36. The van der Waals surface area contributed by atoms with Crippen LogP contribution in [0.3, 0.4) is 0 Å². The number of thiazole rings is 1. The van der Waals surface area contributed by atoms with Crippen molar-refractivity contribution >= 4 is 32.6 Å². The number of amides is 1. The largest absolute Gasteiger partial charge is 0.287 e. The van der Waals surface area contributed by atoms with Crippen molar-refractivity contribution in [1.29, 1.82) is 0 Å². The van der Waals surface area contributed by atoms with Crippen molar-refractivity contribution in [1.82, 2.24) is 4.98 Å². The van der Waals surface area contributed by atoms with Gasteiger partial charge in [0.2, 0.25) is 5.91 Å². The Morgan fingerprint density at radius 2 is 2.16 bits per heavy atom. The number of fused-ring (bicyclic) bond motifs is 1. The molecule has 19 heavy (non-hydrogen) atoms. The number of aromatic nitrogens is 1. The van der Waals surface area contributed by atoms with E-state index in [1.165, 1.54) is 11.1 Å². The van der Waals surface area contributed by atoms with Gasteiger partial charge in [-0.15, -0.1) is 12.3 Å². The summed E-state index contributed by atoms with van der Waals surface area (Å²) in [6.45, 7) is 4.75. The summed E-state index contributed by atoms with van der Waals surface area (Å²) >= 11 is 1.56. The number of nitrogens with zero attached hydrogens (tertiary/aromatic N) is 2. The van der Waals surface area contributed by atoms with E-state index in [-0.39, 0.29) is 11.8 Å². The van der Waals surface area contributed by atoms with Crippen molar-refractivity contribution in [2.24, 2.45) is 5.92 Å². The topological polar surface area (TPSA) is 33.2 Å². The van der Waals surface area contributed by atoms with Crippen LogP contribution in [0.25, 0.3) is 10.2 Å². The highest BCUT2D eigenvalue weighted by atomic mass is 32.1. The van der Waals surface area contributed by atoms with E-state index in [2.05, 4.69) is 36.9 Å². The summed E-state index contributed by atoms with van der Waals surface area (Å²) in [7, 11) is 0.